The van der Waals surface area contributed by atoms with E-state index in [2.05, 4.69) is 88.0 Å². The van der Waals surface area contributed by atoms with E-state index >= 15 is 0 Å². The molecule has 1 aliphatic heterocycles. The van der Waals surface area contributed by atoms with E-state index in [1.54, 1.807) is 30.5 Å². The van der Waals surface area contributed by atoms with Crippen molar-refractivity contribution in [3.63, 3.8) is 0 Å². The van der Waals surface area contributed by atoms with Gasteiger partial charge in [-0.1, -0.05) is 39.0 Å². The molecule has 2 N–H and O–H groups in total. The second kappa shape index (κ2) is 12.7. The van der Waals surface area contributed by atoms with E-state index in [0.717, 1.165) is 22.7 Å². The summed E-state index contributed by atoms with van der Waals surface area (Å²) in [6.45, 7) is 6.37. The highest BCUT2D eigenvalue weighted by atomic mass is 127. The van der Waals surface area contributed by atoms with Gasteiger partial charge in [0.15, 0.2) is 18.2 Å². The van der Waals surface area contributed by atoms with Crippen molar-refractivity contribution in [2.75, 3.05) is 23.5 Å². The van der Waals surface area contributed by atoms with Crippen molar-refractivity contribution in [1.82, 2.24) is 14.8 Å². The predicted octanol–water partition coefficient (Wildman–Crippen LogP) is 6.98. The van der Waals surface area contributed by atoms with Gasteiger partial charge in [-0.05, 0) is 71.7 Å². The summed E-state index contributed by atoms with van der Waals surface area (Å²) < 4.78 is 14.9. The topological polar surface area (TPSA) is 107 Å². The lowest BCUT2D eigenvalue weighted by molar-refractivity contribution is -0.118. The monoisotopic (exact) mass is 697 g/mol. The zero-order chi connectivity index (χ0) is 29.9. The molecule has 2 amide bonds. The molecule has 2 aliphatic rings. The average Bonchev–Trinajstić information content (AvgIpc) is 3.39. The summed E-state index contributed by atoms with van der Waals surface area (Å²) in [4.78, 5) is 29.5. The molecule has 1 aromatic carbocycles. The van der Waals surface area contributed by atoms with Crippen LogP contribution in [-0.2, 0) is 21.4 Å². The summed E-state index contributed by atoms with van der Waals surface area (Å²) in [5.41, 5.74) is 2.70. The third kappa shape index (κ3) is 7.06. The van der Waals surface area contributed by atoms with Gasteiger partial charge in [0.2, 0.25) is 11.7 Å². The zero-order valence-electron chi connectivity index (χ0n) is 23.8. The minimum absolute atomic E-state index is 0.0771. The molecule has 0 fully saturated rings. The molecule has 1 aliphatic carbocycles. The molecule has 5 rings (SSSR count). The molecule has 218 valence electrons. The number of benzene rings is 1. The Morgan fingerprint density at radius 3 is 2.90 bits per heavy atom. The number of halogens is 1. The van der Waals surface area contributed by atoms with Crippen molar-refractivity contribution in [2.45, 2.75) is 50.0 Å². The maximum absolute atomic E-state index is 12.9. The molecule has 0 saturated carbocycles. The summed E-state index contributed by atoms with van der Waals surface area (Å²) in [5.74, 6) is 1.22. The molecular formula is C31H32IN5O4S. The van der Waals surface area contributed by atoms with Crippen LogP contribution in [0.5, 0.6) is 17.2 Å². The third-order valence-corrected chi connectivity index (χ3v) is 8.13. The van der Waals surface area contributed by atoms with Gasteiger partial charge in [0, 0.05) is 38.3 Å². The molecule has 0 spiro atoms. The number of fused-ring (bicyclic) bond motifs is 1. The minimum Gasteiger partial charge on any atom is -0.476 e. The fourth-order valence-corrected chi connectivity index (χ4v) is 5.75. The first kappa shape index (κ1) is 29.9. The molecule has 3 aromatic rings. The molecule has 1 unspecified atom stereocenters. The van der Waals surface area contributed by atoms with Crippen LogP contribution in [0, 0.1) is 0 Å². The molecule has 2 aromatic heterocycles. The summed E-state index contributed by atoms with van der Waals surface area (Å²) in [5, 5.41) is 10.6. The van der Waals surface area contributed by atoms with E-state index in [1.165, 1.54) is 15.3 Å². The van der Waals surface area contributed by atoms with Crippen LogP contribution in [0.4, 0.5) is 11.5 Å². The lowest BCUT2D eigenvalue weighted by Crippen LogP contribution is -2.26. The number of hydrogen-bond donors (Lipinski definition) is 2. The van der Waals surface area contributed by atoms with Crippen molar-refractivity contribution in [2.24, 2.45) is 0 Å². The van der Waals surface area contributed by atoms with Gasteiger partial charge in [0.1, 0.15) is 5.75 Å². The Labute approximate surface area is 263 Å². The van der Waals surface area contributed by atoms with Crippen LogP contribution in [-0.4, -0.2) is 39.4 Å². The first-order chi connectivity index (χ1) is 20.1. The van der Waals surface area contributed by atoms with Crippen molar-refractivity contribution in [3.8, 4) is 17.2 Å². The van der Waals surface area contributed by atoms with Crippen molar-refractivity contribution < 1.29 is 19.1 Å². The number of allylic oxidation sites excluding steroid dienone is 5. The maximum atomic E-state index is 12.9. The first-order valence-electron chi connectivity index (χ1n) is 13.5. The van der Waals surface area contributed by atoms with E-state index in [4.69, 9.17) is 14.6 Å². The molecule has 0 bridgehead atoms. The maximum Gasteiger partial charge on any atom is 0.263 e. The number of anilines is 2. The second-order valence-electron chi connectivity index (χ2n) is 10.9. The number of ether oxygens (including phenoxy) is 2. The number of rotatable bonds is 8. The molecule has 11 heteroatoms. The smallest absolute Gasteiger partial charge is 0.263 e. The predicted molar refractivity (Wildman–Crippen MR) is 174 cm³/mol. The quantitative estimate of drug-likeness (QED) is 0.149. The Bertz CT molecular complexity index is 1600. The highest BCUT2D eigenvalue weighted by Gasteiger charge is 2.24. The Morgan fingerprint density at radius 1 is 1.31 bits per heavy atom. The number of hydrogen-bond acceptors (Lipinski definition) is 7. The standard InChI is InChI=1S/C31H32IN5O4S/c1-31(2,3)26-16-21(37(36-26)20-8-5-7-19(32)15-20)9-6-10-27(38)34-23-12-11-22(17-25(23)42-4)41-24-13-14-33-30-29(24)40-18-28(39)35-30/h5-7,10-17,20H,8-9,18H2,1-4H3,(H,34,38)(H,33,35,39)/b10-6+. The van der Waals surface area contributed by atoms with Crippen LogP contribution in [0.25, 0.3) is 0 Å². The molecule has 0 radical (unpaired) electrons. The summed E-state index contributed by atoms with van der Waals surface area (Å²) in [6, 6.07) is 9.39. The average molecular weight is 698 g/mol. The van der Waals surface area contributed by atoms with Gasteiger partial charge in [-0.25, -0.2) is 4.98 Å². The van der Waals surface area contributed by atoms with Gasteiger partial charge in [0.25, 0.3) is 5.91 Å². The highest BCUT2D eigenvalue weighted by molar-refractivity contribution is 14.1. The number of nitrogens with zero attached hydrogens (tertiary/aromatic N) is 3. The molecule has 3 heterocycles. The van der Waals surface area contributed by atoms with Crippen molar-refractivity contribution in [3.05, 3.63) is 81.9 Å². The van der Waals surface area contributed by atoms with Crippen LogP contribution in [0.15, 0.2) is 75.4 Å². The van der Waals surface area contributed by atoms with E-state index in [0.29, 0.717) is 35.2 Å². The van der Waals surface area contributed by atoms with Gasteiger partial charge >= 0.3 is 0 Å². The van der Waals surface area contributed by atoms with Crippen molar-refractivity contribution >= 4 is 57.7 Å². The number of carbonyl (C=O) groups excluding carboxylic acids is 2. The first-order valence-corrected chi connectivity index (χ1v) is 15.8. The Kier molecular flexibility index (Phi) is 9.07. The van der Waals surface area contributed by atoms with E-state index in [1.807, 2.05) is 18.4 Å². The summed E-state index contributed by atoms with van der Waals surface area (Å²) in [6.07, 6.45) is 14.9. The number of amides is 2. The number of nitrogens with one attached hydrogen (secondary N) is 2. The zero-order valence-corrected chi connectivity index (χ0v) is 26.8. The van der Waals surface area contributed by atoms with E-state index < -0.39 is 0 Å². The van der Waals surface area contributed by atoms with Gasteiger partial charge in [-0.2, -0.15) is 5.10 Å². The Morgan fingerprint density at radius 2 is 2.14 bits per heavy atom. The van der Waals surface area contributed by atoms with Crippen LogP contribution >= 0.6 is 34.4 Å². The number of pyridine rings is 1. The Balaban J connectivity index is 1.27. The van der Waals surface area contributed by atoms with Crippen molar-refractivity contribution in [1.29, 1.82) is 0 Å². The highest BCUT2D eigenvalue weighted by Crippen LogP contribution is 2.39. The SMILES string of the molecule is CSc1cc(Oc2ccnc3c2OCC(=O)N3)ccc1NC(=O)/C=C/Cc1cc(C(C)(C)C)nn1C1C=C(I)C=CC1. The normalized spacial score (nSPS) is 16.5. The fourth-order valence-electron chi connectivity index (χ4n) is 4.51. The van der Waals surface area contributed by atoms with Crippen LogP contribution in [0.2, 0.25) is 0 Å². The van der Waals surface area contributed by atoms with Crippen LogP contribution < -0.4 is 20.1 Å². The molecule has 1 atom stereocenters. The number of aromatic nitrogens is 3. The lowest BCUT2D eigenvalue weighted by atomic mass is 9.92. The minimum atomic E-state index is -0.264. The second-order valence-corrected chi connectivity index (χ2v) is 12.9. The molecular weight excluding hydrogens is 665 g/mol. The third-order valence-electron chi connectivity index (χ3n) is 6.63. The number of carbonyl (C=O) groups is 2. The van der Waals surface area contributed by atoms with E-state index in [9.17, 15) is 9.59 Å². The molecule has 0 saturated heterocycles. The van der Waals surface area contributed by atoms with E-state index in [-0.39, 0.29) is 29.9 Å². The van der Waals surface area contributed by atoms with Crippen LogP contribution in [0.3, 0.4) is 0 Å². The molecule has 9 nitrogen and oxygen atoms in total. The van der Waals surface area contributed by atoms with Crippen LogP contribution in [0.1, 0.15) is 44.6 Å². The lowest BCUT2D eigenvalue weighted by Gasteiger charge is -2.19. The van der Waals surface area contributed by atoms with Gasteiger partial charge in [0.05, 0.1) is 17.4 Å². The molecule has 42 heavy (non-hydrogen) atoms. The summed E-state index contributed by atoms with van der Waals surface area (Å²) in [7, 11) is 0. The number of thioether (sulfide) groups is 1. The Hall–Kier alpha value is -3.58. The van der Waals surface area contributed by atoms with Gasteiger partial charge in [-0.3, -0.25) is 14.3 Å². The van der Waals surface area contributed by atoms with Gasteiger partial charge in [-0.15, -0.1) is 11.8 Å². The fraction of sp³-hybridized carbons (Fsp3) is 0.290. The summed E-state index contributed by atoms with van der Waals surface area (Å²) >= 11 is 3.83. The van der Waals surface area contributed by atoms with Gasteiger partial charge < -0.3 is 20.1 Å². The largest absolute Gasteiger partial charge is 0.476 e.